The van der Waals surface area contributed by atoms with Crippen LogP contribution in [0.25, 0.3) is 0 Å². The number of methoxy groups -OCH3 is 2. The molecule has 0 N–H and O–H groups in total. The minimum Gasteiger partial charge on any atom is -0.497 e. The van der Waals surface area contributed by atoms with Crippen LogP contribution in [0.1, 0.15) is 25.7 Å². The summed E-state index contributed by atoms with van der Waals surface area (Å²) in [7, 11) is 3.14. The van der Waals surface area contributed by atoms with E-state index < -0.39 is 0 Å². The SMILES string of the molecule is COc1ccc(C(=O)c2cc(C)sc2C)c(OC)c1. The molecule has 1 aromatic carbocycles. The van der Waals surface area contributed by atoms with E-state index in [0.717, 1.165) is 15.3 Å². The monoisotopic (exact) mass is 276 g/mol. The van der Waals surface area contributed by atoms with Crippen molar-refractivity contribution < 1.29 is 14.3 Å². The van der Waals surface area contributed by atoms with Gasteiger partial charge in [0.15, 0.2) is 5.78 Å². The first-order valence-corrected chi connectivity index (χ1v) is 6.72. The van der Waals surface area contributed by atoms with Gasteiger partial charge >= 0.3 is 0 Å². The standard InChI is InChI=1S/C15H16O3S/c1-9-7-13(10(2)19-9)15(16)12-6-5-11(17-3)8-14(12)18-4/h5-8H,1-4H3. The van der Waals surface area contributed by atoms with E-state index in [9.17, 15) is 4.79 Å². The summed E-state index contributed by atoms with van der Waals surface area (Å²) in [5.74, 6) is 1.19. The van der Waals surface area contributed by atoms with Crippen molar-refractivity contribution >= 4 is 17.1 Å². The first kappa shape index (κ1) is 13.6. The van der Waals surface area contributed by atoms with Gasteiger partial charge in [-0.05, 0) is 32.0 Å². The van der Waals surface area contributed by atoms with Crippen molar-refractivity contribution in [2.45, 2.75) is 13.8 Å². The number of hydrogen-bond acceptors (Lipinski definition) is 4. The van der Waals surface area contributed by atoms with Gasteiger partial charge in [0.2, 0.25) is 0 Å². The normalized spacial score (nSPS) is 10.3. The number of carbonyl (C=O) groups is 1. The molecule has 0 amide bonds. The average molecular weight is 276 g/mol. The van der Waals surface area contributed by atoms with Crippen LogP contribution >= 0.6 is 11.3 Å². The lowest BCUT2D eigenvalue weighted by Crippen LogP contribution is -2.04. The maximum absolute atomic E-state index is 12.5. The Morgan fingerprint density at radius 2 is 1.79 bits per heavy atom. The van der Waals surface area contributed by atoms with Crippen LogP contribution in [0.2, 0.25) is 0 Å². The van der Waals surface area contributed by atoms with Crippen LogP contribution in [-0.2, 0) is 0 Å². The second kappa shape index (κ2) is 5.45. The third kappa shape index (κ3) is 2.63. The van der Waals surface area contributed by atoms with Crippen LogP contribution in [0.3, 0.4) is 0 Å². The van der Waals surface area contributed by atoms with Crippen LogP contribution < -0.4 is 9.47 Å². The molecule has 0 saturated heterocycles. The zero-order valence-corrected chi connectivity index (χ0v) is 12.3. The molecule has 0 bridgehead atoms. The summed E-state index contributed by atoms with van der Waals surface area (Å²) in [6.45, 7) is 3.96. The fourth-order valence-electron chi connectivity index (χ4n) is 1.99. The Bertz CT molecular complexity index is 614. The number of ketones is 1. The molecule has 0 radical (unpaired) electrons. The van der Waals surface area contributed by atoms with E-state index in [1.807, 2.05) is 19.9 Å². The average Bonchev–Trinajstić information content (AvgIpc) is 2.76. The molecule has 2 rings (SSSR count). The number of aryl methyl sites for hydroxylation is 2. The van der Waals surface area contributed by atoms with Crippen molar-refractivity contribution in [2.24, 2.45) is 0 Å². The summed E-state index contributed by atoms with van der Waals surface area (Å²) < 4.78 is 10.4. The molecule has 0 unspecified atom stereocenters. The van der Waals surface area contributed by atoms with E-state index in [4.69, 9.17) is 9.47 Å². The Hall–Kier alpha value is -1.81. The first-order valence-electron chi connectivity index (χ1n) is 5.90. The zero-order chi connectivity index (χ0) is 14.0. The molecule has 0 atom stereocenters. The molecular weight excluding hydrogens is 260 g/mol. The fraction of sp³-hybridized carbons (Fsp3) is 0.267. The summed E-state index contributed by atoms with van der Waals surface area (Å²) >= 11 is 1.63. The number of ether oxygens (including phenoxy) is 2. The minimum absolute atomic E-state index is 0.0126. The Balaban J connectivity index is 2.46. The van der Waals surface area contributed by atoms with Gasteiger partial charge in [-0.3, -0.25) is 4.79 Å². The Morgan fingerprint density at radius 3 is 2.32 bits per heavy atom. The molecule has 1 heterocycles. The van der Waals surface area contributed by atoms with Crippen molar-refractivity contribution in [3.8, 4) is 11.5 Å². The van der Waals surface area contributed by atoms with Gasteiger partial charge < -0.3 is 9.47 Å². The molecule has 100 valence electrons. The summed E-state index contributed by atoms with van der Waals surface area (Å²) in [6.07, 6.45) is 0. The summed E-state index contributed by atoms with van der Waals surface area (Å²) in [5, 5.41) is 0. The number of rotatable bonds is 4. The third-order valence-corrected chi connectivity index (χ3v) is 3.90. The molecule has 0 aliphatic carbocycles. The molecule has 0 fully saturated rings. The molecule has 1 aromatic heterocycles. The van der Waals surface area contributed by atoms with E-state index in [2.05, 4.69) is 0 Å². The smallest absolute Gasteiger partial charge is 0.197 e. The van der Waals surface area contributed by atoms with Crippen LogP contribution in [0.5, 0.6) is 11.5 Å². The molecular formula is C15H16O3S. The van der Waals surface area contributed by atoms with Crippen molar-refractivity contribution in [1.29, 1.82) is 0 Å². The second-order valence-electron chi connectivity index (χ2n) is 4.22. The van der Waals surface area contributed by atoms with Gasteiger partial charge in [-0.15, -0.1) is 11.3 Å². The van der Waals surface area contributed by atoms with Gasteiger partial charge in [0, 0.05) is 21.4 Å². The van der Waals surface area contributed by atoms with E-state index in [1.165, 1.54) is 0 Å². The lowest BCUT2D eigenvalue weighted by atomic mass is 10.0. The highest BCUT2D eigenvalue weighted by Crippen LogP contribution is 2.29. The van der Waals surface area contributed by atoms with Crippen LogP contribution in [-0.4, -0.2) is 20.0 Å². The maximum Gasteiger partial charge on any atom is 0.197 e. The van der Waals surface area contributed by atoms with Crippen molar-refractivity contribution in [2.75, 3.05) is 14.2 Å². The molecule has 0 aliphatic heterocycles. The maximum atomic E-state index is 12.5. The molecule has 4 heteroatoms. The van der Waals surface area contributed by atoms with Gasteiger partial charge in [0.1, 0.15) is 11.5 Å². The molecule has 0 saturated carbocycles. The quantitative estimate of drug-likeness (QED) is 0.800. The van der Waals surface area contributed by atoms with Gasteiger partial charge in [-0.1, -0.05) is 0 Å². The lowest BCUT2D eigenvalue weighted by Gasteiger charge is -2.09. The largest absolute Gasteiger partial charge is 0.497 e. The summed E-state index contributed by atoms with van der Waals surface area (Å²) in [6, 6.07) is 7.16. The highest BCUT2D eigenvalue weighted by atomic mass is 32.1. The molecule has 2 aromatic rings. The van der Waals surface area contributed by atoms with Gasteiger partial charge in [0.05, 0.1) is 19.8 Å². The molecule has 3 nitrogen and oxygen atoms in total. The topological polar surface area (TPSA) is 35.5 Å². The lowest BCUT2D eigenvalue weighted by molar-refractivity contribution is 0.103. The van der Waals surface area contributed by atoms with Crippen LogP contribution in [0.15, 0.2) is 24.3 Å². The summed E-state index contributed by atoms with van der Waals surface area (Å²) in [5.41, 5.74) is 1.30. The Morgan fingerprint density at radius 1 is 1.05 bits per heavy atom. The van der Waals surface area contributed by atoms with Crippen molar-refractivity contribution in [3.05, 3.63) is 45.1 Å². The fourth-order valence-corrected chi connectivity index (χ4v) is 2.91. The summed E-state index contributed by atoms with van der Waals surface area (Å²) in [4.78, 5) is 14.7. The number of benzene rings is 1. The number of carbonyl (C=O) groups excluding carboxylic acids is 1. The third-order valence-electron chi connectivity index (χ3n) is 2.94. The minimum atomic E-state index is -0.0126. The van der Waals surface area contributed by atoms with Crippen LogP contribution in [0, 0.1) is 13.8 Å². The Kier molecular flexibility index (Phi) is 3.90. The second-order valence-corrected chi connectivity index (χ2v) is 5.68. The van der Waals surface area contributed by atoms with Gasteiger partial charge in [-0.2, -0.15) is 0 Å². The predicted octanol–water partition coefficient (Wildman–Crippen LogP) is 3.61. The number of hydrogen-bond donors (Lipinski definition) is 0. The van der Waals surface area contributed by atoms with E-state index in [-0.39, 0.29) is 5.78 Å². The van der Waals surface area contributed by atoms with Crippen LogP contribution in [0.4, 0.5) is 0 Å². The molecule has 0 aliphatic rings. The van der Waals surface area contributed by atoms with E-state index in [1.54, 1.807) is 43.8 Å². The van der Waals surface area contributed by atoms with Crippen molar-refractivity contribution in [1.82, 2.24) is 0 Å². The van der Waals surface area contributed by atoms with E-state index >= 15 is 0 Å². The van der Waals surface area contributed by atoms with E-state index in [0.29, 0.717) is 17.1 Å². The zero-order valence-electron chi connectivity index (χ0n) is 11.4. The highest BCUT2D eigenvalue weighted by Gasteiger charge is 2.18. The molecule has 19 heavy (non-hydrogen) atoms. The van der Waals surface area contributed by atoms with Gasteiger partial charge in [0.25, 0.3) is 0 Å². The Labute approximate surface area is 116 Å². The predicted molar refractivity (Wildman–Crippen MR) is 76.8 cm³/mol. The van der Waals surface area contributed by atoms with Crippen molar-refractivity contribution in [3.63, 3.8) is 0 Å². The number of thiophene rings is 1. The molecule has 0 spiro atoms. The highest BCUT2D eigenvalue weighted by molar-refractivity contribution is 7.12. The first-order chi connectivity index (χ1) is 9.06. The van der Waals surface area contributed by atoms with Gasteiger partial charge in [-0.25, -0.2) is 0 Å².